The van der Waals surface area contributed by atoms with Crippen LogP contribution in [0.2, 0.25) is 0 Å². The Hall–Kier alpha value is -1.63. The average Bonchev–Trinajstić information content (AvgIpc) is 3.04. The average molecular weight is 383 g/mol. The molecule has 5 rings (SSSR count). The number of fused-ring (bicyclic) bond motifs is 3. The van der Waals surface area contributed by atoms with Crippen molar-refractivity contribution in [2.45, 2.75) is 18.9 Å². The molecule has 0 radical (unpaired) electrons. The fraction of sp³-hybridized carbons (Fsp3) is 0.389. The molecule has 1 atom stereocenters. The van der Waals surface area contributed by atoms with Crippen LogP contribution in [0.1, 0.15) is 12.8 Å². The van der Waals surface area contributed by atoms with Crippen LogP contribution in [0, 0.1) is 11.7 Å². The van der Waals surface area contributed by atoms with Gasteiger partial charge in [-0.3, -0.25) is 10.2 Å². The van der Waals surface area contributed by atoms with Gasteiger partial charge in [-0.1, -0.05) is 12.1 Å². The van der Waals surface area contributed by atoms with Gasteiger partial charge in [0, 0.05) is 6.54 Å². The number of benzene rings is 1. The highest BCUT2D eigenvalue weighted by Gasteiger charge is 2.36. The second kappa shape index (κ2) is 7.72. The first-order valence-electron chi connectivity index (χ1n) is 8.22. The minimum absolute atomic E-state index is 0. The molecule has 4 nitrogen and oxygen atoms in total. The molecule has 0 saturated carbocycles. The van der Waals surface area contributed by atoms with E-state index in [9.17, 15) is 9.18 Å². The quantitative estimate of drug-likeness (QED) is 0.842. The number of rotatable bonds is 3. The lowest BCUT2D eigenvalue weighted by Gasteiger charge is -2.43. The third-order valence-electron chi connectivity index (χ3n) is 4.84. The topological polar surface area (TPSA) is 41.6 Å². The highest BCUT2D eigenvalue weighted by Crippen LogP contribution is 2.34. The molecule has 1 amide bonds. The second-order valence-corrected chi connectivity index (χ2v) is 7.30. The Balaban J connectivity index is 0.00000182. The van der Waals surface area contributed by atoms with Crippen molar-refractivity contribution in [2.24, 2.45) is 5.92 Å². The van der Waals surface area contributed by atoms with Crippen LogP contribution in [0.5, 0.6) is 0 Å². The lowest BCUT2D eigenvalue weighted by molar-refractivity contribution is -0.0289. The molecule has 4 heterocycles. The standard InChI is InChI=1S/C18H19FN2O2S.ClH/c19-14-3-1-2-13(10-14)17-15(6-9-24-17)20-18(22)23-16-11-21-7-4-12(16)5-8-21;/h1-3,6,9-10,12,16H,4-5,7-8,11H2,(H,20,22);1H. The van der Waals surface area contributed by atoms with Gasteiger partial charge in [0.1, 0.15) is 11.9 Å². The zero-order valence-corrected chi connectivity index (χ0v) is 15.2. The Bertz CT molecular complexity index is 746. The summed E-state index contributed by atoms with van der Waals surface area (Å²) >= 11 is 1.47. The summed E-state index contributed by atoms with van der Waals surface area (Å²) in [5, 5.41) is 4.70. The zero-order chi connectivity index (χ0) is 16.5. The van der Waals surface area contributed by atoms with E-state index < -0.39 is 6.09 Å². The lowest BCUT2D eigenvalue weighted by atomic mass is 9.86. The first kappa shape index (κ1) is 18.2. The third kappa shape index (κ3) is 3.97. The van der Waals surface area contributed by atoms with Gasteiger partial charge in [0.25, 0.3) is 0 Å². The van der Waals surface area contributed by atoms with Gasteiger partial charge in [-0.15, -0.1) is 23.7 Å². The molecule has 3 aliphatic rings. The van der Waals surface area contributed by atoms with E-state index in [1.54, 1.807) is 6.07 Å². The van der Waals surface area contributed by atoms with E-state index in [0.717, 1.165) is 42.9 Å². The fourth-order valence-electron chi connectivity index (χ4n) is 3.58. The first-order valence-corrected chi connectivity index (χ1v) is 9.10. The van der Waals surface area contributed by atoms with Crippen molar-refractivity contribution < 1.29 is 13.9 Å². The fourth-order valence-corrected chi connectivity index (χ4v) is 4.43. The maximum atomic E-state index is 13.4. The van der Waals surface area contributed by atoms with Crippen molar-refractivity contribution in [3.8, 4) is 10.4 Å². The molecule has 1 aromatic carbocycles. The molecule has 1 aromatic heterocycles. The molecule has 7 heteroatoms. The smallest absolute Gasteiger partial charge is 0.411 e. The highest BCUT2D eigenvalue weighted by molar-refractivity contribution is 7.14. The number of thiophene rings is 1. The van der Waals surface area contributed by atoms with E-state index in [1.807, 2.05) is 17.5 Å². The molecule has 3 saturated heterocycles. The minimum Gasteiger partial charge on any atom is -0.444 e. The summed E-state index contributed by atoms with van der Waals surface area (Å²) in [4.78, 5) is 15.5. The van der Waals surface area contributed by atoms with Gasteiger partial charge >= 0.3 is 6.09 Å². The van der Waals surface area contributed by atoms with Gasteiger partial charge in [-0.25, -0.2) is 9.18 Å². The van der Waals surface area contributed by atoms with Crippen LogP contribution in [0.15, 0.2) is 35.7 Å². The molecular weight excluding hydrogens is 363 g/mol. The van der Waals surface area contributed by atoms with Crippen LogP contribution < -0.4 is 5.32 Å². The van der Waals surface area contributed by atoms with E-state index >= 15 is 0 Å². The number of nitrogens with one attached hydrogen (secondary N) is 1. The Kier molecular flexibility index (Phi) is 5.61. The molecule has 0 aliphatic carbocycles. The van der Waals surface area contributed by atoms with Crippen LogP contribution in [-0.2, 0) is 4.74 Å². The monoisotopic (exact) mass is 382 g/mol. The third-order valence-corrected chi connectivity index (χ3v) is 5.81. The Morgan fingerprint density at radius 2 is 2.08 bits per heavy atom. The van der Waals surface area contributed by atoms with Crippen molar-refractivity contribution in [3.63, 3.8) is 0 Å². The lowest BCUT2D eigenvalue weighted by Crippen LogP contribution is -2.52. The Morgan fingerprint density at radius 3 is 2.76 bits per heavy atom. The summed E-state index contributed by atoms with van der Waals surface area (Å²) in [6.07, 6.45) is 1.75. The number of halogens is 2. The summed E-state index contributed by atoms with van der Waals surface area (Å²) in [6.45, 7) is 3.05. The van der Waals surface area contributed by atoms with Crippen molar-refractivity contribution in [1.29, 1.82) is 0 Å². The van der Waals surface area contributed by atoms with Crippen molar-refractivity contribution >= 4 is 35.5 Å². The number of piperidine rings is 3. The predicted octanol–water partition coefficient (Wildman–Crippen LogP) is 4.62. The van der Waals surface area contributed by atoms with Crippen molar-refractivity contribution in [2.75, 3.05) is 25.0 Å². The van der Waals surface area contributed by atoms with Gasteiger partial charge in [-0.05, 0) is 61.0 Å². The van der Waals surface area contributed by atoms with Crippen LogP contribution in [0.4, 0.5) is 14.9 Å². The van der Waals surface area contributed by atoms with Gasteiger partial charge in [-0.2, -0.15) is 0 Å². The number of hydrogen-bond donors (Lipinski definition) is 1. The maximum absolute atomic E-state index is 13.4. The van der Waals surface area contributed by atoms with Gasteiger partial charge in [0.2, 0.25) is 0 Å². The minimum atomic E-state index is -0.426. The predicted molar refractivity (Wildman–Crippen MR) is 100 cm³/mol. The molecule has 134 valence electrons. The normalized spacial score (nSPS) is 24.4. The summed E-state index contributed by atoms with van der Waals surface area (Å²) in [5.41, 5.74) is 1.42. The van der Waals surface area contributed by atoms with E-state index in [0.29, 0.717) is 11.6 Å². The highest BCUT2D eigenvalue weighted by atomic mass is 35.5. The maximum Gasteiger partial charge on any atom is 0.411 e. The first-order chi connectivity index (χ1) is 11.7. The number of nitrogens with zero attached hydrogens (tertiary/aromatic N) is 1. The number of amides is 1. The van der Waals surface area contributed by atoms with E-state index in [4.69, 9.17) is 4.74 Å². The summed E-state index contributed by atoms with van der Waals surface area (Å²) in [6, 6.07) is 8.20. The number of hydrogen-bond acceptors (Lipinski definition) is 4. The molecule has 2 aromatic rings. The molecule has 3 fully saturated rings. The summed E-state index contributed by atoms with van der Waals surface area (Å²) in [5.74, 6) is 0.188. The van der Waals surface area contributed by atoms with Gasteiger partial charge in [0.15, 0.2) is 0 Å². The number of carbonyl (C=O) groups excluding carboxylic acids is 1. The van der Waals surface area contributed by atoms with E-state index in [-0.39, 0.29) is 24.3 Å². The molecule has 1 N–H and O–H groups in total. The van der Waals surface area contributed by atoms with Crippen LogP contribution >= 0.6 is 23.7 Å². The summed E-state index contributed by atoms with van der Waals surface area (Å²) in [7, 11) is 0. The molecular formula is C18H20ClFN2O2S. The molecule has 3 aliphatic heterocycles. The van der Waals surface area contributed by atoms with Gasteiger partial charge in [0.05, 0.1) is 10.6 Å². The molecule has 2 bridgehead atoms. The zero-order valence-electron chi connectivity index (χ0n) is 13.6. The molecule has 25 heavy (non-hydrogen) atoms. The summed E-state index contributed by atoms with van der Waals surface area (Å²) < 4.78 is 19.1. The molecule has 0 spiro atoms. The van der Waals surface area contributed by atoms with Crippen LogP contribution in [0.25, 0.3) is 10.4 Å². The number of carbonyl (C=O) groups is 1. The Labute approximate surface area is 156 Å². The van der Waals surface area contributed by atoms with Gasteiger partial charge < -0.3 is 4.74 Å². The Morgan fingerprint density at radius 1 is 1.28 bits per heavy atom. The van der Waals surface area contributed by atoms with Crippen molar-refractivity contribution in [1.82, 2.24) is 4.90 Å². The van der Waals surface area contributed by atoms with Crippen LogP contribution in [0.3, 0.4) is 0 Å². The molecule has 1 unspecified atom stereocenters. The van der Waals surface area contributed by atoms with Crippen molar-refractivity contribution in [3.05, 3.63) is 41.5 Å². The van der Waals surface area contributed by atoms with E-state index in [1.165, 1.54) is 23.5 Å². The van der Waals surface area contributed by atoms with E-state index in [2.05, 4.69) is 10.2 Å². The number of anilines is 1. The largest absolute Gasteiger partial charge is 0.444 e. The van der Waals surface area contributed by atoms with Crippen LogP contribution in [-0.4, -0.2) is 36.7 Å². The second-order valence-electron chi connectivity index (χ2n) is 6.38. The number of ether oxygens (including phenoxy) is 1. The SMILES string of the molecule is Cl.O=C(Nc1ccsc1-c1cccc(F)c1)OC1CN2CCC1CC2.